The molecule has 0 N–H and O–H groups in total. The Hall–Kier alpha value is -11.7. The van der Waals surface area contributed by atoms with E-state index in [1.807, 2.05) is 60.9 Å². The number of ether oxygens (including phenoxy) is 3. The van der Waals surface area contributed by atoms with E-state index in [1.54, 1.807) is 0 Å². The molecule has 15 aromatic rings. The molecule has 1 radical (unpaired) electrons. The van der Waals surface area contributed by atoms with Crippen molar-refractivity contribution in [2.24, 2.45) is 0 Å². The van der Waals surface area contributed by atoms with Gasteiger partial charge in [0.25, 0.3) is 0 Å². The fourth-order valence-electron chi connectivity index (χ4n) is 19.3. The first-order valence-electron chi connectivity index (χ1n) is 43.9. The molecule has 13 aromatic carbocycles. The van der Waals surface area contributed by atoms with Gasteiger partial charge in [-0.1, -0.05) is 280 Å². The van der Waals surface area contributed by atoms with Crippen LogP contribution < -0.4 is 19.1 Å². The molecular formula is C113H105IrN3O3-2. The SMILES string of the molecule is CCCCCCCCOc1ccc(C2(c3ccc(OCCCCCCCC)cc3)c3cc(C)ccc3-c3ccc(-c4ccc5c(c4)C4(c6ccc[c-]c6-c6ncccc64)c4cc(-c6ccc7c(c6)Oc6cc(C)ccc6N7c6ccc(-c7ccc(CCCCCCC)cc7)cc6)ccc4-5)cc32)cc1.[Ir].[c-]1ccccc1-c1nccc2ccccc12. The zero-order chi connectivity index (χ0) is 80.7. The van der Waals surface area contributed by atoms with Crippen molar-refractivity contribution in [1.29, 1.82) is 0 Å². The molecule has 0 saturated heterocycles. The summed E-state index contributed by atoms with van der Waals surface area (Å²) in [6.45, 7) is 12.6. The zero-order valence-electron chi connectivity index (χ0n) is 69.9. The third kappa shape index (κ3) is 15.7. The van der Waals surface area contributed by atoms with Crippen LogP contribution in [0.4, 0.5) is 17.1 Å². The molecule has 4 aliphatic rings. The molecule has 1 unspecified atom stereocenters. The number of hydrogen-bond donors (Lipinski definition) is 0. The average Bonchev–Trinajstić information content (AvgIpc) is 1.51. The summed E-state index contributed by atoms with van der Waals surface area (Å²) in [5.41, 5.74) is 31.3. The van der Waals surface area contributed by atoms with Crippen LogP contribution in [0.1, 0.15) is 191 Å². The minimum Gasteiger partial charge on any atom is -0.494 e. The Bertz CT molecular complexity index is 6000. The summed E-state index contributed by atoms with van der Waals surface area (Å²) in [6.07, 6.45) is 26.1. The third-order valence-corrected chi connectivity index (χ3v) is 25.3. The minimum atomic E-state index is -0.695. The van der Waals surface area contributed by atoms with E-state index in [9.17, 15) is 0 Å². The summed E-state index contributed by atoms with van der Waals surface area (Å²) in [7, 11) is 0. The summed E-state index contributed by atoms with van der Waals surface area (Å²) in [4.78, 5) is 12.0. The van der Waals surface area contributed by atoms with Gasteiger partial charge in [0.05, 0.1) is 30.0 Å². The molecule has 1 spiro atoms. The van der Waals surface area contributed by atoms with Gasteiger partial charge >= 0.3 is 0 Å². The Morgan fingerprint density at radius 2 is 0.842 bits per heavy atom. The van der Waals surface area contributed by atoms with E-state index in [1.165, 1.54) is 196 Å². The van der Waals surface area contributed by atoms with Crippen molar-refractivity contribution in [3.8, 4) is 101 Å². The topological polar surface area (TPSA) is 56.7 Å². The van der Waals surface area contributed by atoms with Crippen LogP contribution in [0.15, 0.2) is 304 Å². The van der Waals surface area contributed by atoms with Crippen LogP contribution in [0.3, 0.4) is 0 Å². The van der Waals surface area contributed by atoms with Gasteiger partial charge in [-0.05, 0) is 253 Å². The quantitative estimate of drug-likeness (QED) is 0.0344. The van der Waals surface area contributed by atoms with Crippen LogP contribution in [-0.2, 0) is 37.4 Å². The standard InChI is InChI=1S/C98H95N2O3.C15H10N.Ir/c1-6-9-12-15-18-23-59-101-79-48-42-76(43-49-79)97(77-44-50-80(51-45-77)102-60-24-19-16-13-10-7-2)88-61-67(4)30-52-81(88)82-53-38-72(63-89(82)97)73-39-54-83-84-55-40-74(65-91(84)98(90(83)64-73)86-28-22-21-27-85(86)96-87(98)29-25-58-99-96)75-41-57-93-95(66-75)103-94-62-68(5)31-56-92(94)100(93)78-46-36-71(37-47-78)70-34-32-69(33-35-70)26-20-17-14-11-8-3;1-2-7-13(8-3-1)15-14-9-5-4-6-12(14)10-11-16-15;/h21-22,25,28-58,61-66H,6-20,23-24,26,59-60H2,1-5H3;1-7,9-11H;/q2*-1;. The smallest absolute Gasteiger partial charge is 0.152 e. The second-order valence-corrected chi connectivity index (χ2v) is 33.1. The van der Waals surface area contributed by atoms with Crippen LogP contribution in [-0.4, -0.2) is 23.2 Å². The third-order valence-electron chi connectivity index (χ3n) is 25.3. The molecule has 120 heavy (non-hydrogen) atoms. The van der Waals surface area contributed by atoms with Gasteiger partial charge in [-0.15, -0.1) is 71.3 Å². The molecule has 7 heteroatoms. The maximum absolute atomic E-state index is 7.02. The Morgan fingerprint density at radius 3 is 1.46 bits per heavy atom. The van der Waals surface area contributed by atoms with E-state index in [-0.39, 0.29) is 20.1 Å². The average molecular weight is 1750 g/mol. The molecular weight excluding hydrogens is 1640 g/mol. The van der Waals surface area contributed by atoms with Crippen LogP contribution in [0.25, 0.3) is 88.9 Å². The van der Waals surface area contributed by atoms with Gasteiger partial charge in [0.15, 0.2) is 11.5 Å². The first kappa shape index (κ1) is 80.7. The molecule has 3 aliphatic carbocycles. The van der Waals surface area contributed by atoms with Gasteiger partial charge in [0, 0.05) is 43.6 Å². The molecule has 0 bridgehead atoms. The number of anilines is 3. The fraction of sp³-hybridized carbons (Fsp3) is 0.239. The van der Waals surface area contributed by atoms with Crippen LogP contribution in [0.5, 0.6) is 23.0 Å². The predicted octanol–water partition coefficient (Wildman–Crippen LogP) is 30.5. The Labute approximate surface area is 724 Å². The van der Waals surface area contributed by atoms with Crippen LogP contribution >= 0.6 is 0 Å². The van der Waals surface area contributed by atoms with Crippen molar-refractivity contribution in [3.63, 3.8) is 0 Å². The molecule has 0 fully saturated rings. The summed E-state index contributed by atoms with van der Waals surface area (Å²) in [5, 5.41) is 2.39. The van der Waals surface area contributed by atoms with Crippen molar-refractivity contribution in [2.45, 2.75) is 161 Å². The largest absolute Gasteiger partial charge is 0.494 e. The maximum atomic E-state index is 7.02. The van der Waals surface area contributed by atoms with E-state index in [0.717, 1.165) is 123 Å². The monoisotopic (exact) mass is 1740 g/mol. The van der Waals surface area contributed by atoms with Crippen LogP contribution in [0.2, 0.25) is 0 Å². The summed E-state index contributed by atoms with van der Waals surface area (Å²) >= 11 is 0. The molecule has 2 aromatic heterocycles. The molecule has 0 saturated carbocycles. The van der Waals surface area contributed by atoms with E-state index >= 15 is 0 Å². The van der Waals surface area contributed by atoms with E-state index in [2.05, 4.69) is 299 Å². The number of rotatable bonds is 29. The summed E-state index contributed by atoms with van der Waals surface area (Å²) in [6, 6.07) is 115. The molecule has 3 heterocycles. The molecule has 6 nitrogen and oxygen atoms in total. The van der Waals surface area contributed by atoms with E-state index in [4.69, 9.17) is 19.2 Å². The number of nitrogens with zero attached hydrogens (tertiary/aromatic N) is 3. The van der Waals surface area contributed by atoms with Gasteiger partial charge in [0.1, 0.15) is 11.5 Å². The molecule has 601 valence electrons. The number of pyridine rings is 2. The summed E-state index contributed by atoms with van der Waals surface area (Å²) < 4.78 is 20.1. The van der Waals surface area contributed by atoms with Crippen molar-refractivity contribution >= 4 is 27.8 Å². The normalized spacial score (nSPS) is 13.8. The Morgan fingerprint density at radius 1 is 0.358 bits per heavy atom. The molecule has 1 aliphatic heterocycles. The van der Waals surface area contributed by atoms with Crippen molar-refractivity contribution < 1.29 is 34.3 Å². The Balaban J connectivity index is 0.000000538. The number of fused-ring (bicyclic) bond motifs is 16. The van der Waals surface area contributed by atoms with Crippen molar-refractivity contribution in [3.05, 3.63) is 377 Å². The zero-order valence-corrected chi connectivity index (χ0v) is 72.3. The van der Waals surface area contributed by atoms with E-state index < -0.39 is 10.8 Å². The van der Waals surface area contributed by atoms with E-state index in [0.29, 0.717) is 0 Å². The molecule has 19 rings (SSSR count). The molecule has 0 amide bonds. The predicted molar refractivity (Wildman–Crippen MR) is 493 cm³/mol. The number of hydrogen-bond acceptors (Lipinski definition) is 6. The van der Waals surface area contributed by atoms with Gasteiger partial charge in [-0.2, -0.15) is 0 Å². The number of unbranched alkanes of at least 4 members (excludes halogenated alkanes) is 14. The summed E-state index contributed by atoms with van der Waals surface area (Å²) in [5.74, 6) is 3.47. The van der Waals surface area contributed by atoms with Crippen molar-refractivity contribution in [1.82, 2.24) is 9.97 Å². The minimum absolute atomic E-state index is 0. The second kappa shape index (κ2) is 36.5. The number of benzene rings is 13. The van der Waals surface area contributed by atoms with Gasteiger partial charge in [-0.25, -0.2) is 0 Å². The maximum Gasteiger partial charge on any atom is 0.152 e. The second-order valence-electron chi connectivity index (χ2n) is 33.1. The van der Waals surface area contributed by atoms with Crippen LogP contribution in [0, 0.1) is 26.0 Å². The fourth-order valence-corrected chi connectivity index (χ4v) is 19.3. The first-order chi connectivity index (χ1) is 58.7. The number of aromatic nitrogens is 2. The van der Waals surface area contributed by atoms with Gasteiger partial charge < -0.3 is 29.1 Å². The van der Waals surface area contributed by atoms with Gasteiger partial charge in [0.2, 0.25) is 0 Å². The first-order valence-corrected chi connectivity index (χ1v) is 43.9. The van der Waals surface area contributed by atoms with Crippen molar-refractivity contribution in [2.75, 3.05) is 18.1 Å². The Kier molecular flexibility index (Phi) is 24.5. The number of aryl methyl sites for hydroxylation is 3. The molecule has 1 atom stereocenters. The van der Waals surface area contributed by atoms with Gasteiger partial charge in [-0.3, -0.25) is 0 Å².